The average molecular weight is 366 g/mol. The smallest absolute Gasteiger partial charge is 0.161 e. The highest BCUT2D eigenvalue weighted by atomic mass is 32.1. The third-order valence-corrected chi connectivity index (χ3v) is 4.90. The predicted molar refractivity (Wildman–Crippen MR) is 106 cm³/mol. The molecule has 0 aromatic heterocycles. The summed E-state index contributed by atoms with van der Waals surface area (Å²) < 4.78 is 11.7. The second kappa shape index (κ2) is 8.68. The molecule has 0 bridgehead atoms. The van der Waals surface area contributed by atoms with E-state index in [0.717, 1.165) is 29.2 Å². The number of thiocarbonyl (C=S) groups is 1. The molecular formula is C21H22N2O2S. The SMILES string of the molecule is CCOc1cc(C(=S)N2CCCC2)ccc1OCc1ccccc1C#N. The van der Waals surface area contributed by atoms with E-state index in [4.69, 9.17) is 21.7 Å². The van der Waals surface area contributed by atoms with Gasteiger partial charge in [-0.2, -0.15) is 5.26 Å². The van der Waals surface area contributed by atoms with Gasteiger partial charge in [-0.05, 0) is 44.0 Å². The maximum atomic E-state index is 9.21. The summed E-state index contributed by atoms with van der Waals surface area (Å²) in [5.74, 6) is 1.34. The van der Waals surface area contributed by atoms with E-state index in [1.165, 1.54) is 12.8 Å². The van der Waals surface area contributed by atoms with Gasteiger partial charge in [0, 0.05) is 24.2 Å². The molecule has 5 heteroatoms. The van der Waals surface area contributed by atoms with Crippen molar-refractivity contribution >= 4 is 17.2 Å². The Kier molecular flexibility index (Phi) is 6.08. The van der Waals surface area contributed by atoms with Crippen LogP contribution in [-0.4, -0.2) is 29.6 Å². The van der Waals surface area contributed by atoms with Gasteiger partial charge in [-0.3, -0.25) is 0 Å². The number of nitriles is 1. The molecule has 1 aliphatic rings. The zero-order valence-corrected chi connectivity index (χ0v) is 15.7. The Bertz CT molecular complexity index is 823. The molecule has 0 spiro atoms. The molecule has 1 aliphatic heterocycles. The van der Waals surface area contributed by atoms with Crippen molar-refractivity contribution in [2.75, 3.05) is 19.7 Å². The standard InChI is InChI=1S/C21H22N2O2S/c1-2-24-20-13-16(21(26)23-11-5-6-12-23)9-10-19(20)25-15-18-8-4-3-7-17(18)14-22/h3-4,7-10,13H,2,5-6,11-12,15H2,1H3. The van der Waals surface area contributed by atoms with Crippen molar-refractivity contribution in [2.45, 2.75) is 26.4 Å². The molecule has 0 radical (unpaired) electrons. The highest BCUT2D eigenvalue weighted by Crippen LogP contribution is 2.30. The summed E-state index contributed by atoms with van der Waals surface area (Å²) in [5.41, 5.74) is 2.46. The van der Waals surface area contributed by atoms with Crippen LogP contribution in [0, 0.1) is 11.3 Å². The van der Waals surface area contributed by atoms with Gasteiger partial charge in [0.25, 0.3) is 0 Å². The van der Waals surface area contributed by atoms with Crippen molar-refractivity contribution in [3.63, 3.8) is 0 Å². The monoisotopic (exact) mass is 366 g/mol. The number of likely N-dealkylation sites (tertiary alicyclic amines) is 1. The highest BCUT2D eigenvalue weighted by Gasteiger charge is 2.18. The van der Waals surface area contributed by atoms with E-state index < -0.39 is 0 Å². The topological polar surface area (TPSA) is 45.5 Å². The molecule has 1 saturated heterocycles. The molecular weight excluding hydrogens is 344 g/mol. The van der Waals surface area contributed by atoms with Crippen molar-refractivity contribution in [3.05, 3.63) is 59.2 Å². The fourth-order valence-electron chi connectivity index (χ4n) is 3.04. The summed E-state index contributed by atoms with van der Waals surface area (Å²) in [6, 6.07) is 15.5. The first-order valence-corrected chi connectivity index (χ1v) is 9.30. The number of hydrogen-bond donors (Lipinski definition) is 0. The summed E-state index contributed by atoms with van der Waals surface area (Å²) in [4.78, 5) is 3.11. The maximum absolute atomic E-state index is 9.21. The number of nitrogens with zero attached hydrogens (tertiary/aromatic N) is 2. The first-order valence-electron chi connectivity index (χ1n) is 8.90. The molecule has 2 aromatic rings. The average Bonchev–Trinajstić information content (AvgIpc) is 3.21. The molecule has 2 aromatic carbocycles. The molecule has 3 rings (SSSR count). The second-order valence-electron chi connectivity index (χ2n) is 6.15. The molecule has 134 valence electrons. The molecule has 0 atom stereocenters. The van der Waals surface area contributed by atoms with Gasteiger partial charge in [0.15, 0.2) is 11.5 Å². The van der Waals surface area contributed by atoms with Gasteiger partial charge in [-0.15, -0.1) is 0 Å². The van der Waals surface area contributed by atoms with E-state index in [-0.39, 0.29) is 0 Å². The zero-order chi connectivity index (χ0) is 18.4. The van der Waals surface area contributed by atoms with Crippen LogP contribution >= 0.6 is 12.2 Å². The molecule has 0 amide bonds. The lowest BCUT2D eigenvalue weighted by Crippen LogP contribution is -2.26. The van der Waals surface area contributed by atoms with Crippen LogP contribution < -0.4 is 9.47 Å². The second-order valence-corrected chi connectivity index (χ2v) is 6.54. The predicted octanol–water partition coefficient (Wildman–Crippen LogP) is 4.31. The van der Waals surface area contributed by atoms with Crippen molar-refractivity contribution in [2.24, 2.45) is 0 Å². The van der Waals surface area contributed by atoms with Gasteiger partial charge < -0.3 is 14.4 Å². The summed E-state index contributed by atoms with van der Waals surface area (Å²) in [5, 5.41) is 9.21. The van der Waals surface area contributed by atoms with Gasteiger partial charge in [0.1, 0.15) is 11.6 Å². The Balaban J connectivity index is 1.78. The summed E-state index contributed by atoms with van der Waals surface area (Å²) in [6.07, 6.45) is 2.38. The quantitative estimate of drug-likeness (QED) is 0.713. The van der Waals surface area contributed by atoms with E-state index in [0.29, 0.717) is 30.3 Å². The third kappa shape index (κ3) is 4.14. The lowest BCUT2D eigenvalue weighted by molar-refractivity contribution is 0.269. The summed E-state index contributed by atoms with van der Waals surface area (Å²) in [7, 11) is 0. The number of hydrogen-bond acceptors (Lipinski definition) is 4. The molecule has 0 unspecified atom stereocenters. The van der Waals surface area contributed by atoms with E-state index in [1.54, 1.807) is 6.07 Å². The fraction of sp³-hybridized carbons (Fsp3) is 0.333. The van der Waals surface area contributed by atoms with Crippen LogP contribution in [-0.2, 0) is 6.61 Å². The van der Waals surface area contributed by atoms with Crippen LogP contribution in [0.5, 0.6) is 11.5 Å². The van der Waals surface area contributed by atoms with Gasteiger partial charge in [-0.25, -0.2) is 0 Å². The van der Waals surface area contributed by atoms with E-state index in [2.05, 4.69) is 11.0 Å². The molecule has 26 heavy (non-hydrogen) atoms. The van der Waals surface area contributed by atoms with Gasteiger partial charge in [-0.1, -0.05) is 30.4 Å². The van der Waals surface area contributed by atoms with Crippen molar-refractivity contribution in [3.8, 4) is 17.6 Å². The normalized spacial score (nSPS) is 13.3. The lowest BCUT2D eigenvalue weighted by atomic mass is 10.1. The van der Waals surface area contributed by atoms with Crippen LogP contribution in [0.25, 0.3) is 0 Å². The molecule has 0 saturated carbocycles. The van der Waals surface area contributed by atoms with Gasteiger partial charge in [0.05, 0.1) is 18.2 Å². The number of benzene rings is 2. The Morgan fingerprint density at radius 3 is 2.62 bits per heavy atom. The van der Waals surface area contributed by atoms with E-state index in [9.17, 15) is 5.26 Å². The lowest BCUT2D eigenvalue weighted by Gasteiger charge is -2.20. The minimum atomic E-state index is 0.319. The van der Waals surface area contributed by atoms with E-state index in [1.807, 2.05) is 43.3 Å². The zero-order valence-electron chi connectivity index (χ0n) is 14.9. The van der Waals surface area contributed by atoms with Crippen LogP contribution in [0.4, 0.5) is 0 Å². The fourth-order valence-corrected chi connectivity index (χ4v) is 3.35. The first kappa shape index (κ1) is 18.2. The van der Waals surface area contributed by atoms with Gasteiger partial charge >= 0.3 is 0 Å². The van der Waals surface area contributed by atoms with E-state index >= 15 is 0 Å². The van der Waals surface area contributed by atoms with Crippen molar-refractivity contribution in [1.82, 2.24) is 4.90 Å². The van der Waals surface area contributed by atoms with Crippen molar-refractivity contribution < 1.29 is 9.47 Å². The summed E-state index contributed by atoms with van der Waals surface area (Å²) >= 11 is 5.63. The number of rotatable bonds is 6. The molecule has 0 aliphatic carbocycles. The molecule has 4 nitrogen and oxygen atoms in total. The summed E-state index contributed by atoms with van der Waals surface area (Å²) in [6.45, 7) is 4.85. The minimum absolute atomic E-state index is 0.319. The van der Waals surface area contributed by atoms with Crippen LogP contribution in [0.3, 0.4) is 0 Å². The number of ether oxygens (including phenoxy) is 2. The maximum Gasteiger partial charge on any atom is 0.161 e. The van der Waals surface area contributed by atoms with Crippen molar-refractivity contribution in [1.29, 1.82) is 5.26 Å². The Labute approximate surface area is 160 Å². The Hall–Kier alpha value is -2.58. The Morgan fingerprint density at radius 1 is 1.12 bits per heavy atom. The van der Waals surface area contributed by atoms with Crippen LogP contribution in [0.2, 0.25) is 0 Å². The highest BCUT2D eigenvalue weighted by molar-refractivity contribution is 7.80. The minimum Gasteiger partial charge on any atom is -0.490 e. The van der Waals surface area contributed by atoms with Crippen LogP contribution in [0.15, 0.2) is 42.5 Å². The largest absolute Gasteiger partial charge is 0.490 e. The van der Waals surface area contributed by atoms with Gasteiger partial charge in [0.2, 0.25) is 0 Å². The first-order chi connectivity index (χ1) is 12.7. The third-order valence-electron chi connectivity index (χ3n) is 4.40. The molecule has 1 heterocycles. The molecule has 0 N–H and O–H groups in total. The Morgan fingerprint density at radius 2 is 1.88 bits per heavy atom. The molecule has 1 fully saturated rings. The van der Waals surface area contributed by atoms with Crippen LogP contribution in [0.1, 0.15) is 36.5 Å².